The lowest BCUT2D eigenvalue weighted by Crippen LogP contribution is -2.02. The molecule has 7 nitrogen and oxygen atoms in total. The number of nitro groups is 1. The van der Waals surface area contributed by atoms with E-state index in [4.69, 9.17) is 4.42 Å². The fourth-order valence-electron chi connectivity index (χ4n) is 1.82. The Balaban J connectivity index is 1.89. The fraction of sp³-hybridized carbons (Fsp3) is 0.182. The number of rotatable bonds is 4. The van der Waals surface area contributed by atoms with E-state index in [0.717, 1.165) is 5.76 Å². The van der Waals surface area contributed by atoms with Crippen LogP contribution in [0, 0.1) is 17.0 Å². The molecule has 3 aromatic heterocycles. The van der Waals surface area contributed by atoms with E-state index in [1.807, 2.05) is 19.1 Å². The van der Waals surface area contributed by atoms with Gasteiger partial charge in [-0.3, -0.25) is 0 Å². The normalized spacial score (nSPS) is 11.0. The minimum absolute atomic E-state index is 0.0560. The van der Waals surface area contributed by atoms with Crippen molar-refractivity contribution in [3.63, 3.8) is 0 Å². The average molecular weight is 278 g/mol. The number of hydrogen-bond acceptors (Lipinski definition) is 6. The maximum Gasteiger partial charge on any atom is 0.372 e. The van der Waals surface area contributed by atoms with E-state index in [-0.39, 0.29) is 11.6 Å². The molecule has 0 bridgehead atoms. The molecule has 0 amide bonds. The molecule has 8 heteroatoms. The first kappa shape index (κ1) is 11.7. The summed E-state index contributed by atoms with van der Waals surface area (Å²) < 4.78 is 6.86. The van der Waals surface area contributed by atoms with Crippen molar-refractivity contribution in [3.05, 3.63) is 45.3 Å². The zero-order valence-electron chi connectivity index (χ0n) is 9.99. The van der Waals surface area contributed by atoms with Crippen molar-refractivity contribution in [2.75, 3.05) is 5.32 Å². The molecule has 0 radical (unpaired) electrons. The zero-order valence-corrected chi connectivity index (χ0v) is 10.8. The molecule has 0 saturated heterocycles. The second-order valence-electron chi connectivity index (χ2n) is 3.96. The standard InChI is InChI=1S/C11H10N4O3S/c1-7-2-3-8(18-7)6-12-9-10(15(16)17)14-4-5-19-11(14)13-9/h2-5,12H,6H2,1H3. The molecule has 0 fully saturated rings. The van der Waals surface area contributed by atoms with Gasteiger partial charge in [-0.1, -0.05) is 11.3 Å². The van der Waals surface area contributed by atoms with Gasteiger partial charge < -0.3 is 19.8 Å². The lowest BCUT2D eigenvalue weighted by atomic mass is 10.4. The summed E-state index contributed by atoms with van der Waals surface area (Å²) in [5.41, 5.74) is 0. The number of fused-ring (bicyclic) bond motifs is 1. The van der Waals surface area contributed by atoms with Gasteiger partial charge in [0, 0.05) is 5.38 Å². The SMILES string of the molecule is Cc1ccc(CNc2nc3sccn3c2[N+](=O)[O-])o1. The van der Waals surface area contributed by atoms with Gasteiger partial charge in [-0.25, -0.2) is 0 Å². The monoisotopic (exact) mass is 278 g/mol. The fourth-order valence-corrected chi connectivity index (χ4v) is 2.53. The molecule has 19 heavy (non-hydrogen) atoms. The predicted molar refractivity (Wildman–Crippen MR) is 70.5 cm³/mol. The molecule has 0 aliphatic heterocycles. The molecule has 3 aromatic rings. The molecule has 0 aliphatic rings. The van der Waals surface area contributed by atoms with Crippen molar-refractivity contribution < 1.29 is 9.34 Å². The Morgan fingerprint density at radius 1 is 1.58 bits per heavy atom. The van der Waals surface area contributed by atoms with Crippen LogP contribution in [-0.4, -0.2) is 14.3 Å². The van der Waals surface area contributed by atoms with Gasteiger partial charge in [-0.2, -0.15) is 9.38 Å². The van der Waals surface area contributed by atoms with Gasteiger partial charge in [0.05, 0.1) is 6.54 Å². The number of thiazole rings is 1. The first-order valence-electron chi connectivity index (χ1n) is 5.54. The van der Waals surface area contributed by atoms with Crippen LogP contribution in [-0.2, 0) is 6.54 Å². The van der Waals surface area contributed by atoms with E-state index < -0.39 is 4.92 Å². The molecule has 0 spiro atoms. The summed E-state index contributed by atoms with van der Waals surface area (Å²) >= 11 is 1.35. The van der Waals surface area contributed by atoms with Gasteiger partial charge in [0.2, 0.25) is 5.82 Å². The van der Waals surface area contributed by atoms with E-state index in [9.17, 15) is 10.1 Å². The Hall–Kier alpha value is -2.35. The number of anilines is 1. The van der Waals surface area contributed by atoms with Gasteiger partial charge in [0.15, 0.2) is 0 Å². The van der Waals surface area contributed by atoms with Crippen molar-refractivity contribution in [1.29, 1.82) is 0 Å². The Morgan fingerprint density at radius 2 is 2.42 bits per heavy atom. The smallest absolute Gasteiger partial charge is 0.372 e. The molecule has 98 valence electrons. The molecule has 1 N–H and O–H groups in total. The Bertz CT molecular complexity index is 742. The molecule has 0 aliphatic carbocycles. The maximum atomic E-state index is 11.1. The van der Waals surface area contributed by atoms with Crippen molar-refractivity contribution in [2.24, 2.45) is 0 Å². The highest BCUT2D eigenvalue weighted by atomic mass is 32.1. The third-order valence-corrected chi connectivity index (χ3v) is 3.39. The topological polar surface area (TPSA) is 85.6 Å². The lowest BCUT2D eigenvalue weighted by molar-refractivity contribution is -0.389. The summed E-state index contributed by atoms with van der Waals surface area (Å²) in [6, 6.07) is 3.67. The third-order valence-electron chi connectivity index (χ3n) is 2.64. The van der Waals surface area contributed by atoms with Crippen molar-refractivity contribution >= 4 is 27.9 Å². The molecule has 0 saturated carbocycles. The third kappa shape index (κ3) is 2.06. The quantitative estimate of drug-likeness (QED) is 0.586. The van der Waals surface area contributed by atoms with Gasteiger partial charge in [-0.05, 0) is 24.0 Å². The number of aryl methyl sites for hydroxylation is 1. The molecule has 0 unspecified atom stereocenters. The first-order chi connectivity index (χ1) is 9.15. The van der Waals surface area contributed by atoms with Gasteiger partial charge in [-0.15, -0.1) is 0 Å². The minimum Gasteiger partial charge on any atom is -0.465 e. The van der Waals surface area contributed by atoms with Gasteiger partial charge in [0.25, 0.3) is 4.96 Å². The molecule has 3 rings (SSSR count). The average Bonchev–Trinajstić information content (AvgIpc) is 3.00. The van der Waals surface area contributed by atoms with Crippen LogP contribution in [0.2, 0.25) is 0 Å². The van der Waals surface area contributed by atoms with Gasteiger partial charge in [0.1, 0.15) is 17.7 Å². The van der Waals surface area contributed by atoms with Crippen molar-refractivity contribution in [2.45, 2.75) is 13.5 Å². The molecule has 0 atom stereocenters. The highest BCUT2D eigenvalue weighted by Gasteiger charge is 2.23. The second kappa shape index (κ2) is 4.39. The zero-order chi connectivity index (χ0) is 13.4. The highest BCUT2D eigenvalue weighted by Crippen LogP contribution is 2.28. The highest BCUT2D eigenvalue weighted by molar-refractivity contribution is 7.15. The molecule has 0 aromatic carbocycles. The van der Waals surface area contributed by atoms with Crippen molar-refractivity contribution in [3.8, 4) is 0 Å². The summed E-state index contributed by atoms with van der Waals surface area (Å²) in [4.78, 5) is 15.4. The molecule has 3 heterocycles. The Morgan fingerprint density at radius 3 is 3.11 bits per heavy atom. The van der Waals surface area contributed by atoms with E-state index in [0.29, 0.717) is 17.3 Å². The number of imidazole rings is 1. The molecular weight excluding hydrogens is 268 g/mol. The van der Waals surface area contributed by atoms with Crippen LogP contribution < -0.4 is 5.32 Å². The molecular formula is C11H10N4O3S. The lowest BCUT2D eigenvalue weighted by Gasteiger charge is -2.00. The van der Waals surface area contributed by atoms with Crippen LogP contribution in [0.1, 0.15) is 11.5 Å². The Kier molecular flexibility index (Phi) is 2.71. The summed E-state index contributed by atoms with van der Waals surface area (Å²) in [5.74, 6) is 1.71. The number of aromatic nitrogens is 2. The first-order valence-corrected chi connectivity index (χ1v) is 6.42. The summed E-state index contributed by atoms with van der Waals surface area (Å²) in [6.45, 7) is 2.21. The van der Waals surface area contributed by atoms with Crippen LogP contribution in [0.25, 0.3) is 4.96 Å². The maximum absolute atomic E-state index is 11.1. The number of nitrogens with one attached hydrogen (secondary N) is 1. The van der Waals surface area contributed by atoms with Crippen LogP contribution in [0.3, 0.4) is 0 Å². The number of nitrogens with zero attached hydrogens (tertiary/aromatic N) is 3. The van der Waals surface area contributed by atoms with E-state index >= 15 is 0 Å². The van der Waals surface area contributed by atoms with Crippen LogP contribution in [0.4, 0.5) is 11.6 Å². The second-order valence-corrected chi connectivity index (χ2v) is 4.84. The van der Waals surface area contributed by atoms with E-state index in [1.54, 1.807) is 11.6 Å². The largest absolute Gasteiger partial charge is 0.465 e. The number of furan rings is 1. The number of hydrogen-bond donors (Lipinski definition) is 1. The summed E-state index contributed by atoms with van der Waals surface area (Å²) in [6.07, 6.45) is 1.63. The predicted octanol–water partition coefficient (Wildman–Crippen LogP) is 2.82. The van der Waals surface area contributed by atoms with Crippen LogP contribution in [0.5, 0.6) is 0 Å². The Labute approximate surface area is 111 Å². The summed E-state index contributed by atoms with van der Waals surface area (Å²) in [5, 5.41) is 15.8. The van der Waals surface area contributed by atoms with E-state index in [2.05, 4.69) is 10.3 Å². The van der Waals surface area contributed by atoms with Gasteiger partial charge >= 0.3 is 5.82 Å². The van der Waals surface area contributed by atoms with E-state index in [1.165, 1.54) is 15.7 Å². The van der Waals surface area contributed by atoms with Crippen molar-refractivity contribution in [1.82, 2.24) is 9.38 Å². The minimum atomic E-state index is -0.442. The summed E-state index contributed by atoms with van der Waals surface area (Å²) in [7, 11) is 0. The van der Waals surface area contributed by atoms with Crippen LogP contribution >= 0.6 is 11.3 Å². The van der Waals surface area contributed by atoms with Crippen LogP contribution in [0.15, 0.2) is 28.1 Å².